The molecule has 0 aliphatic heterocycles. The minimum absolute atomic E-state index is 0.0418. The number of esters is 1. The first-order valence-electron chi connectivity index (χ1n) is 4.30. The average Bonchev–Trinajstić information content (AvgIpc) is 2.16. The van der Waals surface area contributed by atoms with Crippen molar-refractivity contribution >= 4 is 5.97 Å². The third-order valence-electron chi connectivity index (χ3n) is 1.72. The molecule has 0 aromatic heterocycles. The molecular weight excluding hydrogens is 206 g/mol. The molecule has 0 fully saturated rings. The Hall–Kier alpha value is -1.65. The monoisotopic (exact) mass is 216 g/mol. The summed E-state index contributed by atoms with van der Waals surface area (Å²) in [6, 6.07) is 1.89. The summed E-state index contributed by atoms with van der Waals surface area (Å²) in [7, 11) is 1.05. The van der Waals surface area contributed by atoms with E-state index in [4.69, 9.17) is 4.74 Å². The largest absolute Gasteiger partial charge is 0.494 e. The molecule has 0 spiro atoms. The van der Waals surface area contributed by atoms with E-state index in [1.807, 2.05) is 0 Å². The van der Waals surface area contributed by atoms with Crippen molar-refractivity contribution in [1.29, 1.82) is 0 Å². The van der Waals surface area contributed by atoms with Gasteiger partial charge in [0.15, 0.2) is 0 Å². The van der Waals surface area contributed by atoms with E-state index >= 15 is 0 Å². The van der Waals surface area contributed by atoms with Gasteiger partial charge in [-0.2, -0.15) is 0 Å². The maximum atomic E-state index is 13.3. The van der Waals surface area contributed by atoms with E-state index in [9.17, 15) is 13.6 Å². The van der Waals surface area contributed by atoms with Gasteiger partial charge in [0, 0.05) is 12.1 Å². The van der Waals surface area contributed by atoms with Gasteiger partial charge in [-0.05, 0) is 6.92 Å². The van der Waals surface area contributed by atoms with E-state index in [1.54, 1.807) is 6.92 Å². The minimum Gasteiger partial charge on any atom is -0.494 e. The van der Waals surface area contributed by atoms with Crippen LogP contribution in [0.15, 0.2) is 12.1 Å². The van der Waals surface area contributed by atoms with E-state index in [-0.39, 0.29) is 12.4 Å². The van der Waals surface area contributed by atoms with Gasteiger partial charge in [-0.1, -0.05) is 0 Å². The highest BCUT2D eigenvalue weighted by atomic mass is 19.1. The highest BCUT2D eigenvalue weighted by molar-refractivity contribution is 5.90. The lowest BCUT2D eigenvalue weighted by atomic mass is 10.2. The predicted molar refractivity (Wildman–Crippen MR) is 48.9 cm³/mol. The van der Waals surface area contributed by atoms with Gasteiger partial charge in [-0.15, -0.1) is 0 Å². The lowest BCUT2D eigenvalue weighted by Gasteiger charge is -2.06. The summed E-state index contributed by atoms with van der Waals surface area (Å²) >= 11 is 0. The second-order valence-corrected chi connectivity index (χ2v) is 2.69. The molecule has 15 heavy (non-hydrogen) atoms. The van der Waals surface area contributed by atoms with Crippen LogP contribution in [0.25, 0.3) is 0 Å². The van der Waals surface area contributed by atoms with E-state index in [2.05, 4.69) is 4.74 Å². The molecule has 0 bridgehead atoms. The van der Waals surface area contributed by atoms with E-state index < -0.39 is 23.2 Å². The predicted octanol–water partition coefficient (Wildman–Crippen LogP) is 2.15. The third-order valence-corrected chi connectivity index (χ3v) is 1.72. The summed E-state index contributed by atoms with van der Waals surface area (Å²) in [6.45, 7) is 1.97. The van der Waals surface area contributed by atoms with Crippen molar-refractivity contribution in [3.05, 3.63) is 29.3 Å². The fourth-order valence-electron chi connectivity index (χ4n) is 1.10. The van der Waals surface area contributed by atoms with Crippen molar-refractivity contribution in [2.75, 3.05) is 13.7 Å². The first-order valence-corrected chi connectivity index (χ1v) is 4.30. The second kappa shape index (κ2) is 4.72. The smallest absolute Gasteiger partial charge is 0.343 e. The lowest BCUT2D eigenvalue weighted by Crippen LogP contribution is -2.08. The summed E-state index contributed by atoms with van der Waals surface area (Å²) in [5.74, 6) is -3.00. The molecule has 0 aliphatic carbocycles. The van der Waals surface area contributed by atoms with Crippen molar-refractivity contribution in [2.24, 2.45) is 0 Å². The first kappa shape index (κ1) is 11.4. The molecule has 5 heteroatoms. The van der Waals surface area contributed by atoms with Crippen LogP contribution in [-0.2, 0) is 4.74 Å². The molecule has 0 saturated heterocycles. The summed E-state index contributed by atoms with van der Waals surface area (Å²) in [5.41, 5.74) is -0.707. The molecule has 0 aliphatic rings. The van der Waals surface area contributed by atoms with Gasteiger partial charge in [0.2, 0.25) is 0 Å². The number of hydrogen-bond donors (Lipinski definition) is 0. The van der Waals surface area contributed by atoms with Crippen LogP contribution < -0.4 is 4.74 Å². The quantitative estimate of drug-likeness (QED) is 0.726. The van der Waals surface area contributed by atoms with Crippen molar-refractivity contribution in [2.45, 2.75) is 6.92 Å². The van der Waals surface area contributed by atoms with Crippen molar-refractivity contribution in [3.8, 4) is 5.75 Å². The van der Waals surface area contributed by atoms with Gasteiger partial charge in [-0.3, -0.25) is 0 Å². The van der Waals surface area contributed by atoms with Gasteiger partial charge < -0.3 is 9.47 Å². The Balaban J connectivity index is 3.15. The number of benzene rings is 1. The number of halogens is 2. The van der Waals surface area contributed by atoms with Crippen molar-refractivity contribution < 1.29 is 23.0 Å². The van der Waals surface area contributed by atoms with Crippen molar-refractivity contribution in [3.63, 3.8) is 0 Å². The number of methoxy groups -OCH3 is 1. The molecule has 1 aromatic rings. The summed E-state index contributed by atoms with van der Waals surface area (Å²) in [6.07, 6.45) is 0. The van der Waals surface area contributed by atoms with Crippen LogP contribution >= 0.6 is 0 Å². The number of carbonyl (C=O) groups is 1. The second-order valence-electron chi connectivity index (χ2n) is 2.69. The van der Waals surface area contributed by atoms with Crippen LogP contribution in [0.4, 0.5) is 8.78 Å². The summed E-state index contributed by atoms with van der Waals surface area (Å²) < 4.78 is 35.6. The van der Waals surface area contributed by atoms with Crippen LogP contribution in [0.1, 0.15) is 17.3 Å². The Morgan fingerprint density at radius 1 is 1.33 bits per heavy atom. The molecule has 0 saturated carbocycles. The molecule has 82 valence electrons. The number of rotatable bonds is 3. The normalized spacial score (nSPS) is 9.87. The van der Waals surface area contributed by atoms with Crippen LogP contribution in [0.3, 0.4) is 0 Å². The molecule has 0 atom stereocenters. The number of hydrogen-bond acceptors (Lipinski definition) is 3. The molecule has 1 aromatic carbocycles. The van der Waals surface area contributed by atoms with Crippen LogP contribution in [0.2, 0.25) is 0 Å². The van der Waals surface area contributed by atoms with E-state index in [1.165, 1.54) is 0 Å². The highest BCUT2D eigenvalue weighted by Gasteiger charge is 2.19. The topological polar surface area (TPSA) is 35.5 Å². The average molecular weight is 216 g/mol. The summed E-state index contributed by atoms with van der Waals surface area (Å²) in [5, 5.41) is 0. The van der Waals surface area contributed by atoms with Gasteiger partial charge in [-0.25, -0.2) is 13.6 Å². The van der Waals surface area contributed by atoms with Gasteiger partial charge in [0.25, 0.3) is 0 Å². The molecule has 0 unspecified atom stereocenters. The molecule has 0 radical (unpaired) electrons. The minimum atomic E-state index is -1.05. The fraction of sp³-hybridized carbons (Fsp3) is 0.300. The van der Waals surface area contributed by atoms with Gasteiger partial charge in [0.05, 0.1) is 13.7 Å². The Morgan fingerprint density at radius 3 is 2.27 bits per heavy atom. The zero-order valence-electron chi connectivity index (χ0n) is 8.34. The maximum Gasteiger partial charge on any atom is 0.343 e. The Bertz CT molecular complexity index is 354. The molecule has 0 heterocycles. The molecule has 0 amide bonds. The van der Waals surface area contributed by atoms with Crippen LogP contribution in [0.5, 0.6) is 5.75 Å². The zero-order chi connectivity index (χ0) is 11.4. The highest BCUT2D eigenvalue weighted by Crippen LogP contribution is 2.21. The standard InChI is InChI=1S/C10H10F2O3/c1-3-15-6-4-7(11)9(8(12)5-6)10(13)14-2/h4-5H,3H2,1-2H3. The Morgan fingerprint density at radius 2 is 1.87 bits per heavy atom. The maximum absolute atomic E-state index is 13.3. The lowest BCUT2D eigenvalue weighted by molar-refractivity contribution is 0.0589. The molecule has 0 N–H and O–H groups in total. The van der Waals surface area contributed by atoms with E-state index in [0.717, 1.165) is 19.2 Å². The van der Waals surface area contributed by atoms with E-state index in [0.29, 0.717) is 0 Å². The van der Waals surface area contributed by atoms with Gasteiger partial charge in [0.1, 0.15) is 22.9 Å². The summed E-state index contributed by atoms with van der Waals surface area (Å²) in [4.78, 5) is 11.0. The zero-order valence-corrected chi connectivity index (χ0v) is 8.34. The SMILES string of the molecule is CCOc1cc(F)c(C(=O)OC)c(F)c1. The Kier molecular flexibility index (Phi) is 3.60. The third kappa shape index (κ3) is 2.43. The number of ether oxygens (including phenoxy) is 2. The molecular formula is C10H10F2O3. The molecule has 1 rings (SSSR count). The van der Waals surface area contributed by atoms with Crippen LogP contribution in [0, 0.1) is 11.6 Å². The first-order chi connectivity index (χ1) is 7.10. The number of carbonyl (C=O) groups excluding carboxylic acids is 1. The fourth-order valence-corrected chi connectivity index (χ4v) is 1.10. The van der Waals surface area contributed by atoms with Gasteiger partial charge >= 0.3 is 5.97 Å². The molecule has 3 nitrogen and oxygen atoms in total. The van der Waals surface area contributed by atoms with Crippen LogP contribution in [-0.4, -0.2) is 19.7 Å². The van der Waals surface area contributed by atoms with Crippen molar-refractivity contribution in [1.82, 2.24) is 0 Å². The Labute approximate surface area is 85.6 Å².